The van der Waals surface area contributed by atoms with E-state index in [1.807, 2.05) is 0 Å². The molecule has 2 rings (SSSR count). The van der Waals surface area contributed by atoms with Crippen molar-refractivity contribution in [2.75, 3.05) is 24.6 Å². The van der Waals surface area contributed by atoms with Gasteiger partial charge in [-0.15, -0.1) is 13.2 Å². The van der Waals surface area contributed by atoms with Gasteiger partial charge in [-0.1, -0.05) is 18.7 Å². The molecule has 5 N–H and O–H groups in total. The predicted octanol–water partition coefficient (Wildman–Crippen LogP) is 4.71. The number of nitrogens with one attached hydrogen (secondary N) is 3. The molecular formula is C21H26F2N4. The van der Waals surface area contributed by atoms with Gasteiger partial charge in [-0.2, -0.15) is 0 Å². The van der Waals surface area contributed by atoms with E-state index in [4.69, 9.17) is 11.1 Å². The third-order valence-electron chi connectivity index (χ3n) is 3.73. The summed E-state index contributed by atoms with van der Waals surface area (Å²) < 4.78 is 27.0. The number of nitrogens with two attached hydrogens (primary N) is 1. The lowest BCUT2D eigenvalue weighted by atomic mass is 9.98. The van der Waals surface area contributed by atoms with Gasteiger partial charge in [0.2, 0.25) is 0 Å². The maximum atomic E-state index is 14.1. The highest BCUT2D eigenvalue weighted by atomic mass is 19.1. The monoisotopic (exact) mass is 372 g/mol. The van der Waals surface area contributed by atoms with Crippen LogP contribution < -0.4 is 16.4 Å². The topological polar surface area (TPSA) is 73.9 Å². The first kappa shape index (κ1) is 22.1. The second kappa shape index (κ2) is 10.9. The first-order valence-electron chi connectivity index (χ1n) is 8.40. The molecule has 0 spiro atoms. The van der Waals surface area contributed by atoms with Crippen molar-refractivity contribution < 1.29 is 8.78 Å². The Labute approximate surface area is 159 Å². The summed E-state index contributed by atoms with van der Waals surface area (Å²) in [6.07, 6.45) is 8.59. The summed E-state index contributed by atoms with van der Waals surface area (Å²) >= 11 is 0. The van der Waals surface area contributed by atoms with E-state index in [0.29, 0.717) is 24.2 Å². The minimum Gasteiger partial charge on any atom is -0.398 e. The minimum atomic E-state index is -0.508. The van der Waals surface area contributed by atoms with Gasteiger partial charge in [0.25, 0.3) is 0 Å². The number of benzene rings is 1. The van der Waals surface area contributed by atoms with Crippen LogP contribution in [-0.4, -0.2) is 19.3 Å². The molecule has 144 valence electrons. The molecule has 0 aliphatic heterocycles. The lowest BCUT2D eigenvalue weighted by molar-refractivity contribution is 0.631. The molecule has 0 aromatic heterocycles. The second-order valence-electron chi connectivity index (χ2n) is 5.80. The number of anilines is 2. The average molecular weight is 372 g/mol. The van der Waals surface area contributed by atoms with E-state index >= 15 is 0 Å². The van der Waals surface area contributed by atoms with Crippen molar-refractivity contribution in [1.82, 2.24) is 5.32 Å². The van der Waals surface area contributed by atoms with Gasteiger partial charge in [-0.25, -0.2) is 8.78 Å². The zero-order valence-corrected chi connectivity index (χ0v) is 15.5. The molecule has 1 aliphatic rings. The van der Waals surface area contributed by atoms with Crippen LogP contribution >= 0.6 is 0 Å². The Bertz CT molecular complexity index is 779. The molecule has 1 atom stereocenters. The van der Waals surface area contributed by atoms with Crippen LogP contribution in [0.15, 0.2) is 73.8 Å². The normalized spacial score (nSPS) is 15.7. The average Bonchev–Trinajstić information content (AvgIpc) is 2.65. The number of allylic oxidation sites excluding steroid dienone is 6. The van der Waals surface area contributed by atoms with Crippen LogP contribution in [0.25, 0.3) is 0 Å². The van der Waals surface area contributed by atoms with Crippen molar-refractivity contribution in [1.29, 1.82) is 5.41 Å². The molecule has 0 bridgehead atoms. The van der Waals surface area contributed by atoms with Crippen molar-refractivity contribution in [3.8, 4) is 0 Å². The third-order valence-corrected chi connectivity index (χ3v) is 3.73. The van der Waals surface area contributed by atoms with E-state index in [0.717, 1.165) is 0 Å². The van der Waals surface area contributed by atoms with Gasteiger partial charge in [0.15, 0.2) is 0 Å². The first-order valence-corrected chi connectivity index (χ1v) is 8.40. The maximum absolute atomic E-state index is 14.1. The van der Waals surface area contributed by atoms with Gasteiger partial charge in [-0.3, -0.25) is 0 Å². The van der Waals surface area contributed by atoms with Gasteiger partial charge < -0.3 is 21.8 Å². The second-order valence-corrected chi connectivity index (χ2v) is 5.80. The quantitative estimate of drug-likeness (QED) is 0.318. The summed E-state index contributed by atoms with van der Waals surface area (Å²) in [5, 5.41) is 14.0. The maximum Gasteiger partial charge on any atom is 0.148 e. The van der Waals surface area contributed by atoms with E-state index in [1.54, 1.807) is 25.3 Å². The molecule has 6 heteroatoms. The molecule has 1 aromatic rings. The van der Waals surface area contributed by atoms with E-state index in [9.17, 15) is 8.78 Å². The highest BCUT2D eigenvalue weighted by Gasteiger charge is 2.12. The number of hydrogen-bond acceptors (Lipinski definition) is 4. The summed E-state index contributed by atoms with van der Waals surface area (Å²) in [6, 6.07) is 2.68. The van der Waals surface area contributed by atoms with Crippen molar-refractivity contribution in [3.05, 3.63) is 85.2 Å². The van der Waals surface area contributed by atoms with Crippen LogP contribution in [0.5, 0.6) is 0 Å². The van der Waals surface area contributed by atoms with E-state index in [1.165, 1.54) is 24.3 Å². The van der Waals surface area contributed by atoms with E-state index < -0.39 is 5.82 Å². The molecule has 0 saturated heterocycles. The Morgan fingerprint density at radius 2 is 2.07 bits per heavy atom. The standard InChI is InChI=1S/C19H22F2N4.C2H4/c1-12(11-24-2)25-19-9-15(18(23)10-16(19)21)17(22)8-5-13-3-6-14(20)7-4-13;1-2/h3,5-10,13,22,24-25H,1,4,11,23H2,2H3;1-2H2/b8-5+,22-17?;. The van der Waals surface area contributed by atoms with Crippen LogP contribution in [0.3, 0.4) is 0 Å². The molecule has 27 heavy (non-hydrogen) atoms. The molecule has 0 heterocycles. The molecule has 0 radical (unpaired) electrons. The smallest absolute Gasteiger partial charge is 0.148 e. The van der Waals surface area contributed by atoms with Gasteiger partial charge in [0, 0.05) is 23.5 Å². The molecule has 1 aromatic carbocycles. The molecule has 0 amide bonds. The zero-order chi connectivity index (χ0) is 20.4. The molecule has 1 aliphatic carbocycles. The summed E-state index contributed by atoms with van der Waals surface area (Å²) in [7, 11) is 1.76. The van der Waals surface area contributed by atoms with Crippen LogP contribution in [0.4, 0.5) is 20.2 Å². The molecule has 0 saturated carbocycles. The van der Waals surface area contributed by atoms with Crippen LogP contribution in [0.2, 0.25) is 0 Å². The van der Waals surface area contributed by atoms with Gasteiger partial charge in [0.05, 0.1) is 11.4 Å². The fraction of sp³-hybridized carbons (Fsp3) is 0.190. The van der Waals surface area contributed by atoms with Gasteiger partial charge in [0.1, 0.15) is 11.6 Å². The first-order chi connectivity index (χ1) is 12.9. The lowest BCUT2D eigenvalue weighted by Crippen LogP contribution is -2.16. The lowest BCUT2D eigenvalue weighted by Gasteiger charge is -2.14. The Morgan fingerprint density at radius 1 is 1.37 bits per heavy atom. The van der Waals surface area contributed by atoms with Crippen molar-refractivity contribution in [3.63, 3.8) is 0 Å². The molecule has 0 fully saturated rings. The highest BCUT2D eigenvalue weighted by molar-refractivity contribution is 6.10. The minimum absolute atomic E-state index is 0.0227. The van der Waals surface area contributed by atoms with Crippen LogP contribution in [0, 0.1) is 17.1 Å². The summed E-state index contributed by atoms with van der Waals surface area (Å²) in [6.45, 7) is 10.3. The number of likely N-dealkylation sites (N-methyl/N-ethyl adjacent to an activating group) is 1. The largest absolute Gasteiger partial charge is 0.398 e. The third kappa shape index (κ3) is 6.67. The predicted molar refractivity (Wildman–Crippen MR) is 111 cm³/mol. The van der Waals surface area contributed by atoms with Crippen LogP contribution in [0.1, 0.15) is 12.0 Å². The Hall–Kier alpha value is -2.99. The fourth-order valence-corrected chi connectivity index (χ4v) is 2.43. The Balaban J connectivity index is 0.00000176. The molecular weight excluding hydrogens is 346 g/mol. The zero-order valence-electron chi connectivity index (χ0n) is 15.5. The molecule has 1 unspecified atom stereocenters. The number of rotatable bonds is 7. The molecule has 4 nitrogen and oxygen atoms in total. The highest BCUT2D eigenvalue weighted by Crippen LogP contribution is 2.24. The SMILES string of the molecule is C=C.C=C(CNC)Nc1cc(C(=N)/C=C/C2C=CC(F)=CC2)c(N)cc1F. The van der Waals surface area contributed by atoms with Crippen molar-refractivity contribution in [2.24, 2.45) is 5.92 Å². The number of halogens is 2. The van der Waals surface area contributed by atoms with Crippen molar-refractivity contribution in [2.45, 2.75) is 6.42 Å². The van der Waals surface area contributed by atoms with E-state index in [2.05, 4.69) is 30.4 Å². The summed E-state index contributed by atoms with van der Waals surface area (Å²) in [4.78, 5) is 0. The Morgan fingerprint density at radius 3 is 2.67 bits per heavy atom. The van der Waals surface area contributed by atoms with Crippen molar-refractivity contribution >= 4 is 17.1 Å². The van der Waals surface area contributed by atoms with Gasteiger partial charge in [-0.05, 0) is 49.7 Å². The Kier molecular flexibility index (Phi) is 8.89. The van der Waals surface area contributed by atoms with E-state index in [-0.39, 0.29) is 28.8 Å². The fourth-order valence-electron chi connectivity index (χ4n) is 2.43. The van der Waals surface area contributed by atoms with Crippen LogP contribution in [-0.2, 0) is 0 Å². The van der Waals surface area contributed by atoms with Gasteiger partial charge >= 0.3 is 0 Å². The summed E-state index contributed by atoms with van der Waals surface area (Å²) in [5.41, 5.74) is 7.42. The number of nitrogen functional groups attached to an aromatic ring is 1. The summed E-state index contributed by atoms with van der Waals surface area (Å²) in [5.74, 6) is -0.736. The number of hydrogen-bond donors (Lipinski definition) is 4.